The molecule has 7 aromatic rings. The summed E-state index contributed by atoms with van der Waals surface area (Å²) >= 11 is 0. The minimum atomic E-state index is 0.766. The van der Waals surface area contributed by atoms with E-state index in [4.69, 9.17) is 14.8 Å². The summed E-state index contributed by atoms with van der Waals surface area (Å²) in [5, 5.41) is 7.28. The van der Waals surface area contributed by atoms with Crippen LogP contribution in [0.3, 0.4) is 0 Å². The SMILES string of the molecule is CCCc1cc(CCC)c(-c2cnn(-c3cccc(Oc4ccc5c6ccccc6n(-c6cc(C)ccn6)c5c4)c3)c2)c(CCC)c1CCC. The largest absolute Gasteiger partial charge is 0.457 e. The van der Waals surface area contributed by atoms with Crippen LogP contribution < -0.4 is 4.74 Å². The van der Waals surface area contributed by atoms with Crippen molar-refractivity contribution in [1.82, 2.24) is 19.3 Å². The van der Waals surface area contributed by atoms with Gasteiger partial charge in [0, 0.05) is 40.9 Å². The zero-order valence-corrected chi connectivity index (χ0v) is 30.2. The molecule has 0 spiro atoms. The molecule has 0 N–H and O–H groups in total. The molecule has 4 aromatic carbocycles. The number of hydrogen-bond acceptors (Lipinski definition) is 3. The third kappa shape index (κ3) is 6.45. The fraction of sp³-hybridized carbons (Fsp3) is 0.289. The van der Waals surface area contributed by atoms with Gasteiger partial charge in [-0.3, -0.25) is 4.57 Å². The Kier molecular flexibility index (Phi) is 9.84. The molecule has 5 heteroatoms. The molecular weight excluding hydrogens is 613 g/mol. The van der Waals surface area contributed by atoms with Crippen molar-refractivity contribution in [3.05, 3.63) is 131 Å². The van der Waals surface area contributed by atoms with Gasteiger partial charge < -0.3 is 4.74 Å². The predicted octanol–water partition coefficient (Wildman–Crippen LogP) is 11.9. The number of fused-ring (bicyclic) bond motifs is 3. The summed E-state index contributed by atoms with van der Waals surface area (Å²) in [4.78, 5) is 4.73. The van der Waals surface area contributed by atoms with Crippen LogP contribution in [0.25, 0.3) is 44.4 Å². The lowest BCUT2D eigenvalue weighted by molar-refractivity contribution is 0.483. The van der Waals surface area contributed by atoms with E-state index in [1.165, 1.54) is 45.0 Å². The second kappa shape index (κ2) is 14.8. The predicted molar refractivity (Wildman–Crippen MR) is 208 cm³/mol. The van der Waals surface area contributed by atoms with Crippen LogP contribution in [0.5, 0.6) is 11.5 Å². The standard InChI is InChI=1S/C45H48N4O/c1-6-13-32-26-33(14-7-2)45(41(16-9-4)38(32)15-8-3)34-29-47-48(30-34)35-17-12-18-36(27-35)50-37-21-22-40-39-19-10-11-20-42(39)49(43(40)28-37)44-25-31(5)23-24-46-44/h10-12,17-30H,6-9,13-16H2,1-5H3. The Hall–Kier alpha value is -5.16. The minimum absolute atomic E-state index is 0.766. The molecule has 3 heterocycles. The first-order valence-corrected chi connectivity index (χ1v) is 18.5. The van der Waals surface area contributed by atoms with Crippen LogP contribution in [0.15, 0.2) is 104 Å². The average Bonchev–Trinajstić information content (AvgIpc) is 3.73. The zero-order valence-electron chi connectivity index (χ0n) is 30.2. The molecule has 7 rings (SSSR count). The molecule has 0 atom stereocenters. The van der Waals surface area contributed by atoms with Gasteiger partial charge in [-0.05, 0) is 108 Å². The first-order chi connectivity index (χ1) is 24.5. The van der Waals surface area contributed by atoms with Crippen LogP contribution in [0.2, 0.25) is 0 Å². The first kappa shape index (κ1) is 33.3. The van der Waals surface area contributed by atoms with E-state index < -0.39 is 0 Å². The monoisotopic (exact) mass is 660 g/mol. The third-order valence-corrected chi connectivity index (χ3v) is 9.73. The Labute approximate surface area is 296 Å². The quantitative estimate of drug-likeness (QED) is 0.124. The van der Waals surface area contributed by atoms with Crippen molar-refractivity contribution in [2.24, 2.45) is 0 Å². The highest BCUT2D eigenvalue weighted by molar-refractivity contribution is 6.09. The Morgan fingerprint density at radius 1 is 0.640 bits per heavy atom. The molecule has 0 saturated heterocycles. The molecule has 3 aromatic heterocycles. The van der Waals surface area contributed by atoms with Gasteiger partial charge in [0.1, 0.15) is 17.3 Å². The summed E-state index contributed by atoms with van der Waals surface area (Å²) in [6.45, 7) is 11.3. The van der Waals surface area contributed by atoms with Crippen molar-refractivity contribution in [2.75, 3.05) is 0 Å². The van der Waals surface area contributed by atoms with E-state index >= 15 is 0 Å². The van der Waals surface area contributed by atoms with Gasteiger partial charge in [-0.25, -0.2) is 9.67 Å². The summed E-state index contributed by atoms with van der Waals surface area (Å²) in [6.07, 6.45) is 15.2. The maximum atomic E-state index is 6.56. The van der Waals surface area contributed by atoms with Crippen molar-refractivity contribution in [3.8, 4) is 34.1 Å². The van der Waals surface area contributed by atoms with E-state index in [1.54, 1.807) is 11.1 Å². The van der Waals surface area contributed by atoms with Crippen molar-refractivity contribution < 1.29 is 4.74 Å². The fourth-order valence-corrected chi connectivity index (χ4v) is 7.64. The van der Waals surface area contributed by atoms with E-state index in [2.05, 4.69) is 118 Å². The molecule has 0 aliphatic rings. The second-order valence-corrected chi connectivity index (χ2v) is 13.5. The van der Waals surface area contributed by atoms with E-state index in [1.807, 2.05) is 29.1 Å². The molecule has 0 radical (unpaired) electrons. The number of aryl methyl sites for hydroxylation is 3. The Bertz CT molecular complexity index is 2270. The van der Waals surface area contributed by atoms with Crippen molar-refractivity contribution in [2.45, 2.75) is 86.0 Å². The van der Waals surface area contributed by atoms with Crippen LogP contribution in [-0.2, 0) is 25.7 Å². The second-order valence-electron chi connectivity index (χ2n) is 13.5. The summed E-state index contributed by atoms with van der Waals surface area (Å²) in [5.41, 5.74) is 13.1. The van der Waals surface area contributed by atoms with Crippen molar-refractivity contribution >= 4 is 21.8 Å². The van der Waals surface area contributed by atoms with Crippen molar-refractivity contribution in [3.63, 3.8) is 0 Å². The summed E-state index contributed by atoms with van der Waals surface area (Å²) in [7, 11) is 0. The maximum absolute atomic E-state index is 6.56. The van der Waals surface area contributed by atoms with E-state index in [0.717, 1.165) is 79.0 Å². The van der Waals surface area contributed by atoms with Gasteiger partial charge in [0.2, 0.25) is 0 Å². The number of rotatable bonds is 13. The lowest BCUT2D eigenvalue weighted by Gasteiger charge is -2.22. The lowest BCUT2D eigenvalue weighted by Crippen LogP contribution is -2.07. The molecule has 0 unspecified atom stereocenters. The molecule has 254 valence electrons. The number of benzene rings is 4. The number of aromatic nitrogens is 4. The minimum Gasteiger partial charge on any atom is -0.457 e. The van der Waals surface area contributed by atoms with Crippen LogP contribution in [-0.4, -0.2) is 19.3 Å². The van der Waals surface area contributed by atoms with Gasteiger partial charge in [-0.15, -0.1) is 0 Å². The normalized spacial score (nSPS) is 11.5. The average molecular weight is 661 g/mol. The first-order valence-electron chi connectivity index (χ1n) is 18.5. The molecule has 50 heavy (non-hydrogen) atoms. The summed E-state index contributed by atoms with van der Waals surface area (Å²) in [6, 6.07) is 29.7. The highest BCUT2D eigenvalue weighted by Crippen LogP contribution is 2.37. The molecule has 0 fully saturated rings. The molecular formula is C45H48N4O. The topological polar surface area (TPSA) is 44.9 Å². The van der Waals surface area contributed by atoms with Gasteiger partial charge in [-0.2, -0.15) is 5.10 Å². The van der Waals surface area contributed by atoms with Crippen molar-refractivity contribution in [1.29, 1.82) is 0 Å². The van der Waals surface area contributed by atoms with Crippen LogP contribution >= 0.6 is 0 Å². The van der Waals surface area contributed by atoms with Gasteiger partial charge in [0.25, 0.3) is 0 Å². The van der Waals surface area contributed by atoms with Gasteiger partial charge in [0.05, 0.1) is 22.9 Å². The number of para-hydroxylation sites is 1. The summed E-state index contributed by atoms with van der Waals surface area (Å²) < 4.78 is 10.8. The maximum Gasteiger partial charge on any atom is 0.137 e. The molecule has 0 bridgehead atoms. The van der Waals surface area contributed by atoms with E-state index in [9.17, 15) is 0 Å². The Morgan fingerprint density at radius 2 is 1.38 bits per heavy atom. The smallest absolute Gasteiger partial charge is 0.137 e. The fourth-order valence-electron chi connectivity index (χ4n) is 7.64. The summed E-state index contributed by atoms with van der Waals surface area (Å²) in [5.74, 6) is 2.44. The number of hydrogen-bond donors (Lipinski definition) is 0. The van der Waals surface area contributed by atoms with Gasteiger partial charge in [0.15, 0.2) is 0 Å². The molecule has 0 saturated carbocycles. The highest BCUT2D eigenvalue weighted by atomic mass is 16.5. The lowest BCUT2D eigenvalue weighted by atomic mass is 9.83. The highest BCUT2D eigenvalue weighted by Gasteiger charge is 2.20. The number of pyridine rings is 1. The van der Waals surface area contributed by atoms with Crippen LogP contribution in [0.4, 0.5) is 0 Å². The van der Waals surface area contributed by atoms with Crippen LogP contribution in [0.1, 0.15) is 81.2 Å². The van der Waals surface area contributed by atoms with Crippen LogP contribution in [0, 0.1) is 6.92 Å². The number of nitrogens with zero attached hydrogens (tertiary/aromatic N) is 4. The Morgan fingerprint density at radius 3 is 2.18 bits per heavy atom. The molecule has 0 aliphatic heterocycles. The van der Waals surface area contributed by atoms with Gasteiger partial charge >= 0.3 is 0 Å². The van der Waals surface area contributed by atoms with Gasteiger partial charge in [-0.1, -0.05) is 83.7 Å². The third-order valence-electron chi connectivity index (χ3n) is 9.73. The molecule has 5 nitrogen and oxygen atoms in total. The molecule has 0 amide bonds. The Balaban J connectivity index is 1.25. The molecule has 0 aliphatic carbocycles. The van der Waals surface area contributed by atoms with E-state index in [0.29, 0.717) is 0 Å². The van der Waals surface area contributed by atoms with E-state index in [-0.39, 0.29) is 0 Å². The zero-order chi connectivity index (χ0) is 34.6. The number of ether oxygens (including phenoxy) is 1.